The molecule has 0 fully saturated rings. The molecule has 0 amide bonds. The van der Waals surface area contributed by atoms with E-state index in [0.717, 1.165) is 11.3 Å². The molecule has 20 heavy (non-hydrogen) atoms. The molecule has 4 nitrogen and oxygen atoms in total. The molecule has 0 saturated heterocycles. The van der Waals surface area contributed by atoms with Crippen LogP contribution in [0.15, 0.2) is 35.1 Å². The number of nitrogens with one attached hydrogen (secondary N) is 1. The van der Waals surface area contributed by atoms with Crippen LogP contribution < -0.4 is 10.1 Å². The number of methoxy groups -OCH3 is 1. The highest BCUT2D eigenvalue weighted by atomic mass is 79.9. The fraction of sp³-hybridized carbons (Fsp3) is 0.286. The second-order valence-corrected chi connectivity index (χ2v) is 5.04. The largest absolute Gasteiger partial charge is 0.481 e. The highest BCUT2D eigenvalue weighted by Crippen LogP contribution is 2.25. The first-order valence-corrected chi connectivity index (χ1v) is 6.91. The Hall–Kier alpha value is -1.53. The van der Waals surface area contributed by atoms with Crippen LogP contribution in [0.3, 0.4) is 0 Å². The van der Waals surface area contributed by atoms with E-state index in [1.54, 1.807) is 19.2 Å². The minimum Gasteiger partial charge on any atom is -0.481 e. The third-order valence-corrected chi connectivity index (χ3v) is 3.92. The Morgan fingerprint density at radius 1 is 1.40 bits per heavy atom. The number of likely N-dealkylation sites (N-methyl/N-ethyl adjacent to an activating group) is 1. The zero-order valence-corrected chi connectivity index (χ0v) is 12.8. The van der Waals surface area contributed by atoms with Crippen LogP contribution in [0, 0.1) is 5.82 Å². The molecule has 0 aliphatic heterocycles. The van der Waals surface area contributed by atoms with E-state index in [4.69, 9.17) is 4.74 Å². The van der Waals surface area contributed by atoms with Gasteiger partial charge in [-0.25, -0.2) is 14.4 Å². The lowest BCUT2D eigenvalue weighted by atomic mass is 10.0. The molecule has 1 atom stereocenters. The zero-order chi connectivity index (χ0) is 14.5. The van der Waals surface area contributed by atoms with Crippen molar-refractivity contribution in [2.45, 2.75) is 12.5 Å². The first-order valence-electron chi connectivity index (χ1n) is 6.11. The average Bonchev–Trinajstić information content (AvgIpc) is 2.49. The van der Waals surface area contributed by atoms with E-state index in [9.17, 15) is 4.39 Å². The molecule has 106 valence electrons. The maximum absolute atomic E-state index is 13.5. The molecule has 0 aliphatic rings. The van der Waals surface area contributed by atoms with Crippen LogP contribution in [0.5, 0.6) is 5.88 Å². The van der Waals surface area contributed by atoms with Crippen LogP contribution in [0.2, 0.25) is 0 Å². The maximum Gasteiger partial charge on any atom is 0.216 e. The molecule has 0 saturated carbocycles. The average molecular weight is 340 g/mol. The van der Waals surface area contributed by atoms with E-state index in [1.165, 1.54) is 12.4 Å². The molecular formula is C14H15BrFN3O. The zero-order valence-electron chi connectivity index (χ0n) is 11.2. The Labute approximate surface area is 125 Å². The monoisotopic (exact) mass is 339 g/mol. The molecule has 0 aliphatic carbocycles. The second kappa shape index (κ2) is 6.76. The topological polar surface area (TPSA) is 47.0 Å². The van der Waals surface area contributed by atoms with Crippen LogP contribution in [-0.2, 0) is 6.42 Å². The van der Waals surface area contributed by atoms with Crippen molar-refractivity contribution in [1.82, 2.24) is 15.3 Å². The standard InChI is InChI=1S/C14H15BrFN3O/c1-17-11(12-7-13(20-2)19-8-18-12)6-9-4-3-5-10(16)14(9)15/h3-5,7-8,11,17H,6H2,1-2H3. The van der Waals surface area contributed by atoms with Crippen molar-refractivity contribution < 1.29 is 9.13 Å². The van der Waals surface area contributed by atoms with Gasteiger partial charge in [0, 0.05) is 6.07 Å². The van der Waals surface area contributed by atoms with E-state index < -0.39 is 0 Å². The van der Waals surface area contributed by atoms with Gasteiger partial charge in [0.2, 0.25) is 5.88 Å². The molecule has 2 rings (SSSR count). The Morgan fingerprint density at radius 2 is 2.20 bits per heavy atom. The Bertz CT molecular complexity index is 594. The molecule has 6 heteroatoms. The van der Waals surface area contributed by atoms with Crippen molar-refractivity contribution in [3.8, 4) is 5.88 Å². The van der Waals surface area contributed by atoms with Crippen LogP contribution in [0.25, 0.3) is 0 Å². The second-order valence-electron chi connectivity index (χ2n) is 4.24. The summed E-state index contributed by atoms with van der Waals surface area (Å²) in [5.74, 6) is 0.242. The quantitative estimate of drug-likeness (QED) is 0.909. The van der Waals surface area contributed by atoms with Crippen LogP contribution in [0.1, 0.15) is 17.3 Å². The number of benzene rings is 1. The maximum atomic E-state index is 13.5. The number of nitrogens with zero attached hydrogens (tertiary/aromatic N) is 2. The number of hydrogen-bond acceptors (Lipinski definition) is 4. The van der Waals surface area contributed by atoms with Crippen molar-refractivity contribution in [2.75, 3.05) is 14.2 Å². The van der Waals surface area contributed by atoms with Gasteiger partial charge in [-0.2, -0.15) is 0 Å². The summed E-state index contributed by atoms with van der Waals surface area (Å²) in [4.78, 5) is 8.23. The van der Waals surface area contributed by atoms with Gasteiger partial charge in [0.25, 0.3) is 0 Å². The molecule has 0 bridgehead atoms. The normalized spacial score (nSPS) is 12.2. The lowest BCUT2D eigenvalue weighted by Crippen LogP contribution is -2.20. The van der Waals surface area contributed by atoms with Gasteiger partial charge in [-0.3, -0.25) is 0 Å². The van der Waals surface area contributed by atoms with Gasteiger partial charge in [-0.15, -0.1) is 0 Å². The summed E-state index contributed by atoms with van der Waals surface area (Å²) in [6, 6.07) is 6.73. The van der Waals surface area contributed by atoms with Gasteiger partial charge in [0.1, 0.15) is 12.1 Å². The van der Waals surface area contributed by atoms with E-state index >= 15 is 0 Å². The number of hydrogen-bond donors (Lipinski definition) is 1. The summed E-state index contributed by atoms with van der Waals surface area (Å²) in [5, 5.41) is 3.18. The minimum absolute atomic E-state index is 0.0509. The van der Waals surface area contributed by atoms with Crippen molar-refractivity contribution in [2.24, 2.45) is 0 Å². The number of aromatic nitrogens is 2. The molecule has 1 unspecified atom stereocenters. The molecule has 1 aromatic heterocycles. The van der Waals surface area contributed by atoms with Crippen molar-refractivity contribution >= 4 is 15.9 Å². The van der Waals surface area contributed by atoms with Gasteiger partial charge in [0.05, 0.1) is 23.3 Å². The molecule has 1 aromatic carbocycles. The third kappa shape index (κ3) is 3.32. The highest BCUT2D eigenvalue weighted by Gasteiger charge is 2.15. The first kappa shape index (κ1) is 14.9. The van der Waals surface area contributed by atoms with Gasteiger partial charge in [-0.05, 0) is 41.0 Å². The molecular weight excluding hydrogens is 325 g/mol. The summed E-state index contributed by atoms with van der Waals surface area (Å²) >= 11 is 3.28. The van der Waals surface area contributed by atoms with E-state index in [-0.39, 0.29) is 11.9 Å². The molecule has 1 N–H and O–H groups in total. The van der Waals surface area contributed by atoms with Crippen molar-refractivity contribution in [1.29, 1.82) is 0 Å². The fourth-order valence-electron chi connectivity index (χ4n) is 1.94. The molecule has 0 radical (unpaired) electrons. The lowest BCUT2D eigenvalue weighted by Gasteiger charge is -2.17. The first-order chi connectivity index (χ1) is 9.65. The predicted octanol–water partition coefficient (Wildman–Crippen LogP) is 2.89. The van der Waals surface area contributed by atoms with Gasteiger partial charge < -0.3 is 10.1 Å². The summed E-state index contributed by atoms with van der Waals surface area (Å²) in [7, 11) is 3.40. The summed E-state index contributed by atoms with van der Waals surface area (Å²) in [6.45, 7) is 0. The summed E-state index contributed by atoms with van der Waals surface area (Å²) < 4.78 is 19.1. The van der Waals surface area contributed by atoms with E-state index in [1.807, 2.05) is 13.1 Å². The summed E-state index contributed by atoms with van der Waals surface area (Å²) in [6.07, 6.45) is 2.06. The van der Waals surface area contributed by atoms with Gasteiger partial charge in [0.15, 0.2) is 0 Å². The van der Waals surface area contributed by atoms with Crippen molar-refractivity contribution in [3.05, 3.63) is 52.1 Å². The fourth-order valence-corrected chi connectivity index (χ4v) is 2.36. The molecule has 1 heterocycles. The predicted molar refractivity (Wildman–Crippen MR) is 78.2 cm³/mol. The lowest BCUT2D eigenvalue weighted by molar-refractivity contribution is 0.394. The SMILES string of the molecule is CNC(Cc1cccc(F)c1Br)c1cc(OC)ncn1. The van der Waals surface area contributed by atoms with Gasteiger partial charge >= 0.3 is 0 Å². The molecule has 0 spiro atoms. The smallest absolute Gasteiger partial charge is 0.216 e. The van der Waals surface area contributed by atoms with Crippen LogP contribution >= 0.6 is 15.9 Å². The summed E-state index contributed by atoms with van der Waals surface area (Å²) in [5.41, 5.74) is 1.68. The number of rotatable bonds is 5. The van der Waals surface area contributed by atoms with Crippen molar-refractivity contribution in [3.63, 3.8) is 0 Å². The highest BCUT2D eigenvalue weighted by molar-refractivity contribution is 9.10. The van der Waals surface area contributed by atoms with E-state index in [0.29, 0.717) is 16.8 Å². The Morgan fingerprint density at radius 3 is 2.90 bits per heavy atom. The number of halogens is 2. The molecule has 2 aromatic rings. The van der Waals surface area contributed by atoms with Crippen LogP contribution in [0.4, 0.5) is 4.39 Å². The van der Waals surface area contributed by atoms with Crippen LogP contribution in [-0.4, -0.2) is 24.1 Å². The number of ether oxygens (including phenoxy) is 1. The Balaban J connectivity index is 2.26. The Kier molecular flexibility index (Phi) is 5.03. The van der Waals surface area contributed by atoms with E-state index in [2.05, 4.69) is 31.2 Å². The third-order valence-electron chi connectivity index (χ3n) is 3.03. The van der Waals surface area contributed by atoms with Gasteiger partial charge in [-0.1, -0.05) is 12.1 Å². The minimum atomic E-state index is -0.266.